The van der Waals surface area contributed by atoms with Gasteiger partial charge in [0.2, 0.25) is 0 Å². The normalized spacial score (nSPS) is 15.4. The van der Waals surface area contributed by atoms with E-state index in [2.05, 4.69) is 519 Å². The molecule has 582 valence electrons. The van der Waals surface area contributed by atoms with Gasteiger partial charge in [-0.05, 0) is 250 Å². The number of benzene rings is 18. The fourth-order valence-corrected chi connectivity index (χ4v) is 20.4. The van der Waals surface area contributed by atoms with Crippen LogP contribution in [0.15, 0.2) is 449 Å². The molecule has 4 heteroatoms. The number of hydrogen-bond acceptors (Lipinski definition) is 4. The van der Waals surface area contributed by atoms with Crippen molar-refractivity contribution < 1.29 is 0 Å². The van der Waals surface area contributed by atoms with E-state index in [4.69, 9.17) is 0 Å². The average molecular weight is 1570 g/mol. The quantitative estimate of drug-likeness (QED) is 0.0843. The SMILES string of the molecule is CC1(C)c2cc(C=Cc3cccc4c3-c3ccccc3C4(c3ccccc3)c3cccc(-c4ccc(C5(c6ccccc6)c6ccccc6-c6c(C=Cc7ccc8c(c7)N(c7ccccc7)c7cc(N(c9ccccc9)c9ccccc9)ccc7C=C8)cccc65)cc4)c3)ccc2N(c2ccccc2)c2ccc(N(c3ccccc3)c3ccccc3)cc21. The summed E-state index contributed by atoms with van der Waals surface area (Å²) in [7, 11) is 0. The van der Waals surface area contributed by atoms with Crippen molar-refractivity contribution in [3.63, 3.8) is 0 Å². The van der Waals surface area contributed by atoms with Gasteiger partial charge in [-0.1, -0.05) is 372 Å². The van der Waals surface area contributed by atoms with Gasteiger partial charge in [0.05, 0.1) is 33.6 Å². The van der Waals surface area contributed by atoms with Gasteiger partial charge in [-0.25, -0.2) is 0 Å². The zero-order valence-corrected chi connectivity index (χ0v) is 68.5. The first-order valence-electron chi connectivity index (χ1n) is 42.7. The van der Waals surface area contributed by atoms with Crippen LogP contribution in [0.5, 0.6) is 0 Å². The summed E-state index contributed by atoms with van der Waals surface area (Å²) in [5.41, 5.74) is 38.3. The van der Waals surface area contributed by atoms with Gasteiger partial charge in [0.15, 0.2) is 0 Å². The topological polar surface area (TPSA) is 13.0 Å². The van der Waals surface area contributed by atoms with Crippen LogP contribution in [0.4, 0.5) is 68.2 Å². The Morgan fingerprint density at radius 1 is 0.228 bits per heavy atom. The first-order chi connectivity index (χ1) is 60.8. The Bertz CT molecular complexity index is 7050. The van der Waals surface area contributed by atoms with Crippen LogP contribution in [0.3, 0.4) is 0 Å². The summed E-state index contributed by atoms with van der Waals surface area (Å²) >= 11 is 0. The van der Waals surface area contributed by atoms with E-state index in [1.54, 1.807) is 0 Å². The van der Waals surface area contributed by atoms with Crippen LogP contribution in [-0.4, -0.2) is 0 Å². The minimum Gasteiger partial charge on any atom is -0.310 e. The predicted molar refractivity (Wildman–Crippen MR) is 517 cm³/mol. The molecular weight excluding hydrogens is 1490 g/mol. The first kappa shape index (κ1) is 73.7. The third-order valence-corrected chi connectivity index (χ3v) is 25.9. The highest BCUT2D eigenvalue weighted by molar-refractivity contribution is 6.00. The van der Waals surface area contributed by atoms with E-state index in [1.165, 1.54) is 94.8 Å². The fraction of sp³-hybridized carbons (Fsp3) is 0.0420. The maximum absolute atomic E-state index is 2.47. The van der Waals surface area contributed by atoms with E-state index < -0.39 is 10.8 Å². The van der Waals surface area contributed by atoms with Crippen LogP contribution in [0.25, 0.3) is 69.8 Å². The summed E-state index contributed by atoms with van der Waals surface area (Å²) in [6, 6.07) is 166. The molecule has 2 aliphatic carbocycles. The van der Waals surface area contributed by atoms with Gasteiger partial charge in [0.1, 0.15) is 0 Å². The molecule has 18 aromatic carbocycles. The molecule has 123 heavy (non-hydrogen) atoms. The highest BCUT2D eigenvalue weighted by Gasteiger charge is 2.49. The Morgan fingerprint density at radius 2 is 0.593 bits per heavy atom. The second kappa shape index (κ2) is 30.6. The Kier molecular flexibility index (Phi) is 18.4. The molecule has 22 rings (SSSR count). The standard InChI is InChI=1S/C119H86N4/c1-117(2)109-78-83(63-76-111(109)122(99-50-23-9-24-51-99)112-77-75-101(81-110(112)117)120(95-42-15-5-16-43-95)96-44-17-6-18-45-96)61-65-88-35-33-59-108-116(88)104-55-28-30-57-106(104)119(108,92-39-13-4-14-40-92)94-41-31-36-90(80-94)85-69-72-93(73-70-85)118(91-37-11-3-12-38-91)105-56-29-27-54-103(105)115-89(34-32-58-107(115)118)66-62-84-60-64-86-67-68-87-71-74-102(82-114(87)123(113(86)79-84)100-52-25-10-26-53-100)121(97-46-19-7-20-47-97)98-48-21-8-22-49-98/h3-82H,1-2H3. The second-order valence-corrected chi connectivity index (χ2v) is 33.0. The maximum atomic E-state index is 2.47. The van der Waals surface area contributed by atoms with Crippen molar-refractivity contribution in [2.24, 2.45) is 0 Å². The largest absolute Gasteiger partial charge is 0.310 e. The Labute approximate surface area is 720 Å². The van der Waals surface area contributed by atoms with Crippen molar-refractivity contribution in [2.75, 3.05) is 19.6 Å². The maximum Gasteiger partial charge on any atom is 0.0713 e. The number of rotatable bonds is 17. The molecule has 4 aliphatic rings. The van der Waals surface area contributed by atoms with E-state index in [0.29, 0.717) is 0 Å². The van der Waals surface area contributed by atoms with Crippen molar-refractivity contribution in [3.8, 4) is 33.4 Å². The van der Waals surface area contributed by atoms with Crippen molar-refractivity contribution >= 4 is 105 Å². The van der Waals surface area contributed by atoms with Crippen molar-refractivity contribution in [3.05, 3.63) is 538 Å². The molecule has 0 N–H and O–H groups in total. The zero-order valence-electron chi connectivity index (χ0n) is 68.5. The molecule has 4 nitrogen and oxygen atoms in total. The molecule has 0 amide bonds. The van der Waals surface area contributed by atoms with Gasteiger partial charge >= 0.3 is 0 Å². The summed E-state index contributed by atoms with van der Waals surface area (Å²) in [5.74, 6) is 0. The average Bonchev–Trinajstić information content (AvgIpc) is 1.52. The summed E-state index contributed by atoms with van der Waals surface area (Å²) in [6.07, 6.45) is 13.9. The number of anilines is 12. The molecule has 0 spiro atoms. The smallest absolute Gasteiger partial charge is 0.0713 e. The summed E-state index contributed by atoms with van der Waals surface area (Å²) < 4.78 is 0. The van der Waals surface area contributed by atoms with E-state index in [-0.39, 0.29) is 5.41 Å². The molecule has 2 unspecified atom stereocenters. The lowest BCUT2D eigenvalue weighted by Crippen LogP contribution is -2.31. The van der Waals surface area contributed by atoms with Crippen LogP contribution in [-0.2, 0) is 16.2 Å². The van der Waals surface area contributed by atoms with Crippen LogP contribution in [0.1, 0.15) is 103 Å². The predicted octanol–water partition coefficient (Wildman–Crippen LogP) is 31.4. The van der Waals surface area contributed by atoms with Crippen molar-refractivity contribution in [1.29, 1.82) is 0 Å². The lowest BCUT2D eigenvalue weighted by atomic mass is 9.67. The number of hydrogen-bond donors (Lipinski definition) is 0. The number of fused-ring (bicyclic) bond motifs is 10. The van der Waals surface area contributed by atoms with E-state index >= 15 is 0 Å². The molecule has 0 saturated carbocycles. The van der Waals surface area contributed by atoms with Gasteiger partial charge < -0.3 is 19.6 Å². The van der Waals surface area contributed by atoms with E-state index in [1.807, 2.05) is 0 Å². The zero-order chi connectivity index (χ0) is 82.0. The van der Waals surface area contributed by atoms with Crippen LogP contribution < -0.4 is 19.6 Å². The van der Waals surface area contributed by atoms with E-state index in [9.17, 15) is 0 Å². The van der Waals surface area contributed by atoms with Crippen LogP contribution in [0.2, 0.25) is 0 Å². The van der Waals surface area contributed by atoms with Crippen LogP contribution >= 0.6 is 0 Å². The summed E-state index contributed by atoms with van der Waals surface area (Å²) in [5, 5.41) is 0. The molecule has 0 aromatic heterocycles. The highest BCUT2D eigenvalue weighted by atomic mass is 15.2. The number of nitrogens with zero attached hydrogens (tertiary/aromatic N) is 4. The van der Waals surface area contributed by atoms with Crippen molar-refractivity contribution in [1.82, 2.24) is 0 Å². The lowest BCUT2D eigenvalue weighted by molar-refractivity contribution is 0.632. The highest BCUT2D eigenvalue weighted by Crippen LogP contribution is 2.61. The second-order valence-electron chi connectivity index (χ2n) is 33.0. The minimum atomic E-state index is -0.655. The van der Waals surface area contributed by atoms with E-state index in [0.717, 1.165) is 95.8 Å². The van der Waals surface area contributed by atoms with Gasteiger partial charge in [-0.3, -0.25) is 0 Å². The molecule has 2 heterocycles. The molecule has 0 radical (unpaired) electrons. The third kappa shape index (κ3) is 12.4. The molecular formula is C119H86N4. The molecule has 18 aromatic rings. The number of para-hydroxylation sites is 6. The summed E-state index contributed by atoms with van der Waals surface area (Å²) in [4.78, 5) is 9.61. The molecule has 0 saturated heterocycles. The third-order valence-electron chi connectivity index (χ3n) is 25.9. The van der Waals surface area contributed by atoms with Crippen molar-refractivity contribution in [2.45, 2.75) is 30.1 Å². The monoisotopic (exact) mass is 1570 g/mol. The molecule has 2 aliphatic heterocycles. The van der Waals surface area contributed by atoms with Gasteiger partial charge in [-0.2, -0.15) is 0 Å². The minimum absolute atomic E-state index is 0.382. The molecule has 2 atom stereocenters. The summed E-state index contributed by atoms with van der Waals surface area (Å²) in [6.45, 7) is 4.79. The van der Waals surface area contributed by atoms with Gasteiger partial charge in [-0.15, -0.1) is 0 Å². The fourth-order valence-electron chi connectivity index (χ4n) is 20.4. The molecule has 0 fully saturated rings. The lowest BCUT2D eigenvalue weighted by Gasteiger charge is -2.43. The Morgan fingerprint density at radius 3 is 1.11 bits per heavy atom. The first-order valence-corrected chi connectivity index (χ1v) is 42.7. The van der Waals surface area contributed by atoms with Gasteiger partial charge in [0.25, 0.3) is 0 Å². The molecule has 0 bridgehead atoms. The Balaban J connectivity index is 0.611. The van der Waals surface area contributed by atoms with Crippen LogP contribution in [0, 0.1) is 0 Å². The Hall–Kier alpha value is -15.6. The van der Waals surface area contributed by atoms with Gasteiger partial charge in [0, 0.05) is 50.9 Å².